The lowest BCUT2D eigenvalue weighted by Crippen LogP contribution is -2.03. The first-order valence-electron chi connectivity index (χ1n) is 7.30. The van der Waals surface area contributed by atoms with Crippen LogP contribution in [0.5, 0.6) is 11.5 Å². The average Bonchev–Trinajstić information content (AvgIpc) is 3.12. The third kappa shape index (κ3) is 4.61. The minimum atomic E-state index is -0.673. The number of benzene rings is 1. The van der Waals surface area contributed by atoms with Gasteiger partial charge in [0.15, 0.2) is 11.5 Å². The van der Waals surface area contributed by atoms with Gasteiger partial charge in [-0.1, -0.05) is 12.1 Å². The maximum atomic E-state index is 11.5. The van der Waals surface area contributed by atoms with E-state index >= 15 is 0 Å². The molecule has 0 fully saturated rings. The number of hydrogen-bond acceptors (Lipinski definition) is 6. The van der Waals surface area contributed by atoms with Gasteiger partial charge in [0.05, 0.1) is 13.7 Å². The number of carbonyl (C=O) groups excluding carboxylic acids is 1. The van der Waals surface area contributed by atoms with Gasteiger partial charge in [0, 0.05) is 4.88 Å². The van der Waals surface area contributed by atoms with Crippen molar-refractivity contribution in [1.29, 1.82) is 5.26 Å². The number of nitriles is 1. The molecule has 0 aliphatic carbocycles. The molecule has 2 rings (SSSR count). The average molecular weight is 343 g/mol. The van der Waals surface area contributed by atoms with E-state index in [2.05, 4.69) is 4.74 Å². The highest BCUT2D eigenvalue weighted by atomic mass is 32.1. The minimum Gasteiger partial charge on any atom is -0.490 e. The molecule has 0 atom stereocenters. The Hall–Kier alpha value is -2.78. The Morgan fingerprint density at radius 2 is 2.12 bits per heavy atom. The van der Waals surface area contributed by atoms with Crippen LogP contribution in [0.2, 0.25) is 0 Å². The van der Waals surface area contributed by atoms with Gasteiger partial charge in [0.1, 0.15) is 18.2 Å². The lowest BCUT2D eigenvalue weighted by molar-refractivity contribution is -0.135. The number of methoxy groups -OCH3 is 1. The van der Waals surface area contributed by atoms with E-state index < -0.39 is 5.97 Å². The van der Waals surface area contributed by atoms with Crippen LogP contribution in [0.3, 0.4) is 0 Å². The zero-order valence-corrected chi connectivity index (χ0v) is 14.3. The van der Waals surface area contributed by atoms with Crippen molar-refractivity contribution in [1.82, 2.24) is 0 Å². The summed E-state index contributed by atoms with van der Waals surface area (Å²) in [6, 6.07) is 11.0. The van der Waals surface area contributed by atoms with E-state index in [0.717, 1.165) is 4.88 Å². The van der Waals surface area contributed by atoms with Crippen molar-refractivity contribution in [3.05, 3.63) is 51.7 Å². The van der Waals surface area contributed by atoms with Gasteiger partial charge in [-0.2, -0.15) is 5.26 Å². The Morgan fingerprint density at radius 3 is 2.75 bits per heavy atom. The van der Waals surface area contributed by atoms with Crippen molar-refractivity contribution in [3.8, 4) is 17.6 Å². The van der Waals surface area contributed by atoms with E-state index in [1.54, 1.807) is 29.5 Å². The number of thiophene rings is 1. The number of nitrogens with zero attached hydrogens (tertiary/aromatic N) is 1. The predicted molar refractivity (Wildman–Crippen MR) is 91.9 cm³/mol. The number of carbonyl (C=O) groups is 1. The standard InChI is InChI=1S/C18H17NO4S/c1-3-22-17-10-13(9-14(11-19)18(20)21-2)6-7-16(17)23-12-15-5-4-8-24-15/h4-10H,3,12H2,1-2H3/b14-9+. The van der Waals surface area contributed by atoms with Crippen LogP contribution in [0, 0.1) is 11.3 Å². The Morgan fingerprint density at radius 1 is 1.29 bits per heavy atom. The molecule has 0 N–H and O–H groups in total. The van der Waals surface area contributed by atoms with Crippen molar-refractivity contribution in [2.75, 3.05) is 13.7 Å². The van der Waals surface area contributed by atoms with E-state index in [4.69, 9.17) is 14.7 Å². The third-order valence-electron chi connectivity index (χ3n) is 3.05. The summed E-state index contributed by atoms with van der Waals surface area (Å²) in [5.41, 5.74) is 0.580. The van der Waals surface area contributed by atoms with Crippen LogP contribution in [0.1, 0.15) is 17.4 Å². The fraction of sp³-hybridized carbons (Fsp3) is 0.222. The van der Waals surface area contributed by atoms with E-state index in [-0.39, 0.29) is 5.57 Å². The number of hydrogen-bond donors (Lipinski definition) is 0. The predicted octanol–water partition coefficient (Wildman–Crippen LogP) is 3.81. The van der Waals surface area contributed by atoms with Gasteiger partial charge in [-0.15, -0.1) is 11.3 Å². The van der Waals surface area contributed by atoms with Crippen LogP contribution in [0.25, 0.3) is 6.08 Å². The van der Waals surface area contributed by atoms with Crippen LogP contribution in [-0.4, -0.2) is 19.7 Å². The highest BCUT2D eigenvalue weighted by Crippen LogP contribution is 2.30. The Balaban J connectivity index is 2.23. The van der Waals surface area contributed by atoms with Crippen molar-refractivity contribution in [2.24, 2.45) is 0 Å². The minimum absolute atomic E-state index is 0.0767. The summed E-state index contributed by atoms with van der Waals surface area (Å²) in [4.78, 5) is 12.6. The molecular weight excluding hydrogens is 326 g/mol. The first-order chi connectivity index (χ1) is 11.7. The first-order valence-corrected chi connectivity index (χ1v) is 8.18. The molecule has 6 heteroatoms. The Bertz CT molecular complexity index is 760. The normalized spacial score (nSPS) is 10.8. The van der Waals surface area contributed by atoms with E-state index in [1.807, 2.05) is 30.5 Å². The van der Waals surface area contributed by atoms with Crippen molar-refractivity contribution in [3.63, 3.8) is 0 Å². The summed E-state index contributed by atoms with van der Waals surface area (Å²) in [6.45, 7) is 2.81. The van der Waals surface area contributed by atoms with Crippen molar-refractivity contribution < 1.29 is 19.0 Å². The molecule has 0 radical (unpaired) electrons. The molecule has 0 saturated heterocycles. The van der Waals surface area contributed by atoms with Crippen LogP contribution >= 0.6 is 11.3 Å². The summed E-state index contributed by atoms with van der Waals surface area (Å²) in [7, 11) is 1.24. The highest BCUT2D eigenvalue weighted by Gasteiger charge is 2.11. The Kier molecular flexibility index (Phi) is 6.41. The molecule has 1 heterocycles. The molecule has 0 spiro atoms. The van der Waals surface area contributed by atoms with Crippen LogP contribution in [0.15, 0.2) is 41.3 Å². The SMILES string of the molecule is CCOc1cc(/C=C(\C#N)C(=O)OC)ccc1OCc1cccs1. The molecule has 0 unspecified atom stereocenters. The molecule has 2 aromatic rings. The fourth-order valence-corrected chi connectivity index (χ4v) is 2.58. The summed E-state index contributed by atoms with van der Waals surface area (Å²) in [5.74, 6) is 0.498. The molecule has 1 aromatic carbocycles. The van der Waals surface area contributed by atoms with E-state index in [0.29, 0.717) is 30.3 Å². The van der Waals surface area contributed by atoms with Crippen LogP contribution < -0.4 is 9.47 Å². The molecular formula is C18H17NO4S. The van der Waals surface area contributed by atoms with E-state index in [9.17, 15) is 4.79 Å². The quantitative estimate of drug-likeness (QED) is 0.434. The molecule has 124 valence electrons. The number of rotatable bonds is 7. The summed E-state index contributed by atoms with van der Waals surface area (Å²) in [5, 5.41) is 11.0. The zero-order chi connectivity index (χ0) is 17.4. The van der Waals surface area contributed by atoms with Gasteiger partial charge in [0.2, 0.25) is 0 Å². The molecule has 1 aromatic heterocycles. The van der Waals surface area contributed by atoms with Gasteiger partial charge < -0.3 is 14.2 Å². The molecule has 0 aliphatic heterocycles. The van der Waals surface area contributed by atoms with Gasteiger partial charge in [-0.25, -0.2) is 4.79 Å². The lowest BCUT2D eigenvalue weighted by atomic mass is 10.1. The molecule has 5 nitrogen and oxygen atoms in total. The van der Waals surface area contributed by atoms with Crippen molar-refractivity contribution in [2.45, 2.75) is 13.5 Å². The second-order valence-electron chi connectivity index (χ2n) is 4.67. The monoisotopic (exact) mass is 343 g/mol. The second kappa shape index (κ2) is 8.75. The maximum absolute atomic E-state index is 11.5. The molecule has 24 heavy (non-hydrogen) atoms. The molecule has 0 saturated carbocycles. The van der Waals surface area contributed by atoms with Gasteiger partial charge in [-0.05, 0) is 42.1 Å². The highest BCUT2D eigenvalue weighted by molar-refractivity contribution is 7.09. The third-order valence-corrected chi connectivity index (χ3v) is 3.90. The zero-order valence-electron chi connectivity index (χ0n) is 13.4. The lowest BCUT2D eigenvalue weighted by Gasteiger charge is -2.12. The summed E-state index contributed by atoms with van der Waals surface area (Å²) < 4.78 is 16.0. The topological polar surface area (TPSA) is 68.5 Å². The van der Waals surface area contributed by atoms with Crippen molar-refractivity contribution >= 4 is 23.4 Å². The summed E-state index contributed by atoms with van der Waals surface area (Å²) >= 11 is 1.62. The number of ether oxygens (including phenoxy) is 3. The van der Waals surface area contributed by atoms with Gasteiger partial charge >= 0.3 is 5.97 Å². The molecule has 0 aliphatic rings. The first kappa shape index (κ1) is 17.6. The van der Waals surface area contributed by atoms with Gasteiger partial charge in [-0.3, -0.25) is 0 Å². The fourth-order valence-electron chi connectivity index (χ4n) is 1.96. The van der Waals surface area contributed by atoms with Crippen LogP contribution in [0.4, 0.5) is 0 Å². The maximum Gasteiger partial charge on any atom is 0.348 e. The Labute approximate surface area is 144 Å². The smallest absolute Gasteiger partial charge is 0.348 e. The number of esters is 1. The molecule has 0 amide bonds. The largest absolute Gasteiger partial charge is 0.490 e. The van der Waals surface area contributed by atoms with E-state index in [1.165, 1.54) is 13.2 Å². The van der Waals surface area contributed by atoms with Gasteiger partial charge in [0.25, 0.3) is 0 Å². The molecule has 0 bridgehead atoms. The van der Waals surface area contributed by atoms with Crippen LogP contribution in [-0.2, 0) is 16.1 Å². The summed E-state index contributed by atoms with van der Waals surface area (Å²) in [6.07, 6.45) is 1.46. The second-order valence-corrected chi connectivity index (χ2v) is 5.70.